The van der Waals surface area contributed by atoms with Crippen LogP contribution in [0.4, 0.5) is 8.78 Å². The van der Waals surface area contributed by atoms with Crippen LogP contribution in [0.2, 0.25) is 0 Å². The Morgan fingerprint density at radius 1 is 0.839 bits per heavy atom. The normalized spacial score (nSPS) is 13.2. The highest BCUT2D eigenvalue weighted by Gasteiger charge is 2.41. The molecule has 0 saturated carbocycles. The predicted octanol–water partition coefficient (Wildman–Crippen LogP) is 5.46. The molecule has 0 saturated heterocycles. The van der Waals surface area contributed by atoms with Crippen LogP contribution >= 0.6 is 0 Å². The largest absolute Gasteiger partial charge is 0.481 e. The van der Waals surface area contributed by atoms with Crippen molar-refractivity contribution >= 4 is 17.9 Å². The summed E-state index contributed by atoms with van der Waals surface area (Å²) in [6.45, 7) is 2.14. The van der Waals surface area contributed by atoms with E-state index in [1.165, 1.54) is 18.9 Å². The molecule has 0 aliphatic rings. The van der Waals surface area contributed by atoms with Crippen LogP contribution in [0.5, 0.6) is 0 Å². The van der Waals surface area contributed by atoms with Crippen molar-refractivity contribution in [2.75, 3.05) is 0 Å². The molecule has 0 amide bonds. The first-order valence-corrected chi connectivity index (χ1v) is 10.8. The Bertz CT molecular complexity index is 723. The first-order chi connectivity index (χ1) is 14.7. The SMILES string of the molecule is CCCCCCCCCCC(CC(C(=O)O)C(C(=O)O)C(=O)O)c1ccc(F)cc1F. The summed E-state index contributed by atoms with van der Waals surface area (Å²) in [4.78, 5) is 34.4. The van der Waals surface area contributed by atoms with Gasteiger partial charge in [-0.25, -0.2) is 8.78 Å². The Morgan fingerprint density at radius 3 is 1.87 bits per heavy atom. The zero-order chi connectivity index (χ0) is 23.4. The fourth-order valence-corrected chi connectivity index (χ4v) is 3.89. The molecule has 0 fully saturated rings. The average molecular weight is 442 g/mol. The molecule has 0 spiro atoms. The molecule has 31 heavy (non-hydrogen) atoms. The van der Waals surface area contributed by atoms with Crippen LogP contribution in [-0.4, -0.2) is 33.2 Å². The molecule has 6 nitrogen and oxygen atoms in total. The van der Waals surface area contributed by atoms with Gasteiger partial charge in [0, 0.05) is 6.07 Å². The van der Waals surface area contributed by atoms with Gasteiger partial charge < -0.3 is 15.3 Å². The van der Waals surface area contributed by atoms with Gasteiger partial charge in [-0.05, 0) is 30.4 Å². The van der Waals surface area contributed by atoms with E-state index in [9.17, 15) is 38.5 Å². The number of halogens is 2. The fourth-order valence-electron chi connectivity index (χ4n) is 3.89. The Morgan fingerprint density at radius 2 is 1.39 bits per heavy atom. The van der Waals surface area contributed by atoms with Gasteiger partial charge in [0.05, 0.1) is 5.92 Å². The maximum absolute atomic E-state index is 14.4. The number of rotatable bonds is 16. The number of unbranched alkanes of at least 4 members (excludes halogenated alkanes) is 7. The maximum atomic E-state index is 14.4. The second kappa shape index (κ2) is 13.7. The zero-order valence-electron chi connectivity index (χ0n) is 17.9. The lowest BCUT2D eigenvalue weighted by molar-refractivity contribution is -0.164. The summed E-state index contributed by atoms with van der Waals surface area (Å²) >= 11 is 0. The first kappa shape index (κ1) is 26.5. The van der Waals surface area contributed by atoms with Crippen LogP contribution in [-0.2, 0) is 14.4 Å². The maximum Gasteiger partial charge on any atom is 0.318 e. The van der Waals surface area contributed by atoms with Gasteiger partial charge in [-0.1, -0.05) is 64.4 Å². The smallest absolute Gasteiger partial charge is 0.318 e. The summed E-state index contributed by atoms with van der Waals surface area (Å²) in [6, 6.07) is 2.97. The van der Waals surface area contributed by atoms with Crippen molar-refractivity contribution in [3.8, 4) is 0 Å². The van der Waals surface area contributed by atoms with Crippen LogP contribution in [0.25, 0.3) is 0 Å². The van der Waals surface area contributed by atoms with Crippen LogP contribution in [0.1, 0.15) is 82.6 Å². The molecule has 174 valence electrons. The first-order valence-electron chi connectivity index (χ1n) is 10.8. The second-order valence-corrected chi connectivity index (χ2v) is 7.96. The summed E-state index contributed by atoms with van der Waals surface area (Å²) in [5, 5.41) is 27.9. The molecule has 0 heterocycles. The van der Waals surface area contributed by atoms with Gasteiger partial charge in [0.1, 0.15) is 11.6 Å². The highest BCUT2D eigenvalue weighted by atomic mass is 19.1. The van der Waals surface area contributed by atoms with Crippen molar-refractivity contribution in [1.82, 2.24) is 0 Å². The molecule has 0 aromatic heterocycles. The van der Waals surface area contributed by atoms with Crippen molar-refractivity contribution in [3.05, 3.63) is 35.4 Å². The average Bonchev–Trinajstić information content (AvgIpc) is 2.67. The number of carboxylic acid groups (broad SMARTS) is 3. The van der Waals surface area contributed by atoms with Crippen molar-refractivity contribution < 1.29 is 38.5 Å². The van der Waals surface area contributed by atoms with E-state index in [-0.39, 0.29) is 12.0 Å². The predicted molar refractivity (Wildman–Crippen MR) is 111 cm³/mol. The van der Waals surface area contributed by atoms with E-state index in [4.69, 9.17) is 0 Å². The number of hydrogen-bond acceptors (Lipinski definition) is 3. The molecular formula is C23H32F2O6. The summed E-state index contributed by atoms with van der Waals surface area (Å²) in [7, 11) is 0. The third kappa shape index (κ3) is 9.02. The van der Waals surface area contributed by atoms with Gasteiger partial charge in [-0.3, -0.25) is 14.4 Å². The summed E-state index contributed by atoms with van der Waals surface area (Å²) < 4.78 is 27.7. The van der Waals surface area contributed by atoms with Gasteiger partial charge in [-0.15, -0.1) is 0 Å². The van der Waals surface area contributed by atoms with E-state index < -0.39 is 47.3 Å². The Labute approximate surface area is 181 Å². The number of aliphatic carboxylic acids is 3. The highest BCUT2D eigenvalue weighted by Crippen LogP contribution is 2.34. The van der Waals surface area contributed by atoms with Crippen LogP contribution in [0.3, 0.4) is 0 Å². The molecular weight excluding hydrogens is 410 g/mol. The van der Waals surface area contributed by atoms with Crippen molar-refractivity contribution in [2.45, 2.75) is 77.0 Å². The van der Waals surface area contributed by atoms with E-state index in [0.29, 0.717) is 18.9 Å². The molecule has 2 atom stereocenters. The van der Waals surface area contributed by atoms with Gasteiger partial charge in [0.25, 0.3) is 0 Å². The molecule has 0 aliphatic heterocycles. The lowest BCUT2D eigenvalue weighted by atomic mass is 9.79. The highest BCUT2D eigenvalue weighted by molar-refractivity contribution is 5.97. The Hall–Kier alpha value is -2.51. The van der Waals surface area contributed by atoms with Crippen molar-refractivity contribution in [1.29, 1.82) is 0 Å². The number of carbonyl (C=O) groups is 3. The molecule has 3 N–H and O–H groups in total. The van der Waals surface area contributed by atoms with Gasteiger partial charge >= 0.3 is 17.9 Å². The minimum absolute atomic E-state index is 0.0742. The Balaban J connectivity index is 2.92. The molecule has 2 unspecified atom stereocenters. The van der Waals surface area contributed by atoms with Crippen molar-refractivity contribution in [2.24, 2.45) is 11.8 Å². The quantitative estimate of drug-likeness (QED) is 0.232. The van der Waals surface area contributed by atoms with E-state index >= 15 is 0 Å². The zero-order valence-corrected chi connectivity index (χ0v) is 17.9. The summed E-state index contributed by atoms with van der Waals surface area (Å²) in [5.74, 6) is -11.3. The van der Waals surface area contributed by atoms with Gasteiger partial charge in [0.2, 0.25) is 0 Å². The standard InChI is InChI=1S/C23H32F2O6/c1-2-3-4-5-6-7-8-9-10-15(17-12-11-16(24)14-19(17)25)13-18(21(26)27)20(22(28)29)23(30)31/h11-12,14-15,18,20H,2-10,13H2,1H3,(H,26,27)(H,28,29)(H,30,31). The lowest BCUT2D eigenvalue weighted by Crippen LogP contribution is -2.36. The van der Waals surface area contributed by atoms with Crippen LogP contribution in [0.15, 0.2) is 18.2 Å². The van der Waals surface area contributed by atoms with Gasteiger partial charge in [-0.2, -0.15) is 0 Å². The van der Waals surface area contributed by atoms with Crippen LogP contribution in [0, 0.1) is 23.5 Å². The molecule has 1 aromatic rings. The van der Waals surface area contributed by atoms with Crippen LogP contribution < -0.4 is 0 Å². The molecule has 0 bridgehead atoms. The monoisotopic (exact) mass is 442 g/mol. The molecule has 0 radical (unpaired) electrons. The lowest BCUT2D eigenvalue weighted by Gasteiger charge is -2.24. The molecule has 1 rings (SSSR count). The molecule has 8 heteroatoms. The summed E-state index contributed by atoms with van der Waals surface area (Å²) in [6.07, 6.45) is 8.16. The number of benzene rings is 1. The van der Waals surface area contributed by atoms with E-state index in [1.54, 1.807) is 0 Å². The second-order valence-electron chi connectivity index (χ2n) is 7.96. The van der Waals surface area contributed by atoms with E-state index in [0.717, 1.165) is 38.2 Å². The Kier molecular flexibility index (Phi) is 11.7. The third-order valence-electron chi connectivity index (χ3n) is 5.60. The van der Waals surface area contributed by atoms with E-state index in [2.05, 4.69) is 6.92 Å². The third-order valence-corrected chi connectivity index (χ3v) is 5.60. The topological polar surface area (TPSA) is 112 Å². The minimum Gasteiger partial charge on any atom is -0.481 e. The minimum atomic E-state index is -2.15. The van der Waals surface area contributed by atoms with Gasteiger partial charge in [0.15, 0.2) is 5.92 Å². The van der Waals surface area contributed by atoms with E-state index in [1.807, 2.05) is 0 Å². The molecule has 0 aliphatic carbocycles. The number of hydrogen-bond donors (Lipinski definition) is 3. The molecule has 1 aromatic carbocycles. The fraction of sp³-hybridized carbons (Fsp3) is 0.609. The number of carboxylic acids is 3. The van der Waals surface area contributed by atoms with Crippen molar-refractivity contribution in [3.63, 3.8) is 0 Å². The summed E-state index contributed by atoms with van der Waals surface area (Å²) in [5.41, 5.74) is 0.0742.